The molecule has 3 rings (SSSR count). The van der Waals surface area contributed by atoms with Crippen molar-refractivity contribution < 1.29 is 27.5 Å². The van der Waals surface area contributed by atoms with Crippen LogP contribution in [0.3, 0.4) is 0 Å². The Labute approximate surface area is 164 Å². The van der Waals surface area contributed by atoms with Gasteiger partial charge in [-0.2, -0.15) is 4.31 Å². The summed E-state index contributed by atoms with van der Waals surface area (Å²) in [6, 6.07) is 4.56. The Hall–Kier alpha value is -2.33. The van der Waals surface area contributed by atoms with E-state index >= 15 is 0 Å². The molecule has 0 spiro atoms. The highest BCUT2D eigenvalue weighted by Crippen LogP contribution is 2.36. The van der Waals surface area contributed by atoms with E-state index in [2.05, 4.69) is 0 Å². The number of fused-ring (bicyclic) bond motifs is 1. The molecular formula is C18H25N3O6S. The van der Waals surface area contributed by atoms with E-state index in [-0.39, 0.29) is 49.7 Å². The summed E-state index contributed by atoms with van der Waals surface area (Å²) in [5.74, 6) is 0.314. The minimum absolute atomic E-state index is 0.0974. The molecule has 0 aliphatic carbocycles. The third kappa shape index (κ3) is 3.93. The maximum Gasteiger partial charge on any atom is 0.409 e. The van der Waals surface area contributed by atoms with Crippen molar-refractivity contribution in [2.75, 3.05) is 44.2 Å². The third-order valence-corrected chi connectivity index (χ3v) is 6.67. The van der Waals surface area contributed by atoms with Crippen molar-refractivity contribution in [3.8, 4) is 5.75 Å². The van der Waals surface area contributed by atoms with Gasteiger partial charge >= 0.3 is 6.09 Å². The number of anilines is 1. The van der Waals surface area contributed by atoms with E-state index < -0.39 is 16.1 Å². The fourth-order valence-corrected chi connectivity index (χ4v) is 4.79. The first-order valence-electron chi connectivity index (χ1n) is 9.24. The minimum Gasteiger partial charge on any atom is -0.487 e. The molecule has 0 bridgehead atoms. The molecule has 2 heterocycles. The second-order valence-corrected chi connectivity index (χ2v) is 8.72. The van der Waals surface area contributed by atoms with Crippen LogP contribution in [0.5, 0.6) is 5.75 Å². The SMILES string of the molecule is CCOC(=O)N1CCN(S(=O)(=O)c2ccc3c(c2)N(C(C)=O)CC(C)O3)CC1. The fourth-order valence-electron chi connectivity index (χ4n) is 3.35. The number of benzene rings is 1. The van der Waals surface area contributed by atoms with Crippen molar-refractivity contribution in [1.29, 1.82) is 0 Å². The third-order valence-electron chi connectivity index (χ3n) is 4.77. The minimum atomic E-state index is -3.76. The van der Waals surface area contributed by atoms with Crippen molar-refractivity contribution in [2.45, 2.75) is 31.8 Å². The molecule has 2 aliphatic rings. The van der Waals surface area contributed by atoms with Gasteiger partial charge in [0.05, 0.1) is 23.7 Å². The van der Waals surface area contributed by atoms with Gasteiger partial charge in [0.2, 0.25) is 15.9 Å². The number of amides is 2. The van der Waals surface area contributed by atoms with Crippen LogP contribution in [0.15, 0.2) is 23.1 Å². The van der Waals surface area contributed by atoms with Gasteiger partial charge in [0, 0.05) is 33.1 Å². The van der Waals surface area contributed by atoms with Gasteiger partial charge in [0.1, 0.15) is 11.9 Å². The lowest BCUT2D eigenvalue weighted by atomic mass is 10.2. The molecule has 154 valence electrons. The largest absolute Gasteiger partial charge is 0.487 e. The number of sulfonamides is 1. The van der Waals surface area contributed by atoms with Gasteiger partial charge in [0.15, 0.2) is 0 Å². The second kappa shape index (κ2) is 7.96. The van der Waals surface area contributed by atoms with Gasteiger partial charge in [-0.15, -0.1) is 0 Å². The number of piperazine rings is 1. The summed E-state index contributed by atoms with van der Waals surface area (Å²) in [6.45, 7) is 6.56. The van der Waals surface area contributed by atoms with E-state index in [1.165, 1.54) is 33.2 Å². The standard InChI is InChI=1S/C18H25N3O6S/c1-4-26-18(23)19-7-9-20(10-8-19)28(24,25)15-5-6-17-16(11-15)21(14(3)22)12-13(2)27-17/h5-6,11,13H,4,7-10,12H2,1-3H3. The van der Waals surface area contributed by atoms with Crippen LogP contribution in [-0.4, -0.2) is 75.1 Å². The van der Waals surface area contributed by atoms with Crippen LogP contribution in [0.25, 0.3) is 0 Å². The average Bonchev–Trinajstić information content (AvgIpc) is 2.67. The molecule has 0 radical (unpaired) electrons. The van der Waals surface area contributed by atoms with E-state index in [9.17, 15) is 18.0 Å². The van der Waals surface area contributed by atoms with Crippen LogP contribution in [0.4, 0.5) is 10.5 Å². The van der Waals surface area contributed by atoms with Crippen LogP contribution in [0, 0.1) is 0 Å². The van der Waals surface area contributed by atoms with E-state index in [1.54, 1.807) is 13.0 Å². The first-order chi connectivity index (χ1) is 13.2. The Balaban J connectivity index is 1.81. The number of nitrogens with zero attached hydrogens (tertiary/aromatic N) is 3. The number of hydrogen-bond donors (Lipinski definition) is 0. The zero-order valence-corrected chi connectivity index (χ0v) is 17.1. The molecule has 1 saturated heterocycles. The number of ether oxygens (including phenoxy) is 2. The van der Waals surface area contributed by atoms with Gasteiger partial charge < -0.3 is 19.3 Å². The van der Waals surface area contributed by atoms with E-state index in [0.717, 1.165) is 0 Å². The van der Waals surface area contributed by atoms with Crippen LogP contribution in [-0.2, 0) is 19.6 Å². The van der Waals surface area contributed by atoms with Crippen LogP contribution >= 0.6 is 0 Å². The highest BCUT2D eigenvalue weighted by atomic mass is 32.2. The highest BCUT2D eigenvalue weighted by Gasteiger charge is 2.33. The Morgan fingerprint density at radius 3 is 2.50 bits per heavy atom. The highest BCUT2D eigenvalue weighted by molar-refractivity contribution is 7.89. The molecule has 0 aromatic heterocycles. The molecule has 1 unspecified atom stereocenters. The lowest BCUT2D eigenvalue weighted by Crippen LogP contribution is -2.50. The second-order valence-electron chi connectivity index (χ2n) is 6.78. The number of hydrogen-bond acceptors (Lipinski definition) is 6. The summed E-state index contributed by atoms with van der Waals surface area (Å²) >= 11 is 0. The maximum absolute atomic E-state index is 13.1. The summed E-state index contributed by atoms with van der Waals surface area (Å²) in [5, 5.41) is 0. The lowest BCUT2D eigenvalue weighted by Gasteiger charge is -2.35. The average molecular weight is 411 g/mol. The Morgan fingerprint density at radius 2 is 1.89 bits per heavy atom. The van der Waals surface area contributed by atoms with E-state index in [4.69, 9.17) is 9.47 Å². The first kappa shape index (κ1) is 20.4. The van der Waals surface area contributed by atoms with Crippen molar-refractivity contribution in [3.63, 3.8) is 0 Å². The summed E-state index contributed by atoms with van der Waals surface area (Å²) < 4.78 is 38.2. The van der Waals surface area contributed by atoms with Crippen molar-refractivity contribution in [2.24, 2.45) is 0 Å². The molecular weight excluding hydrogens is 386 g/mol. The molecule has 1 aromatic carbocycles. The number of carbonyl (C=O) groups excluding carboxylic acids is 2. The van der Waals surface area contributed by atoms with Gasteiger partial charge in [0.25, 0.3) is 0 Å². The van der Waals surface area contributed by atoms with Crippen LogP contribution in [0.1, 0.15) is 20.8 Å². The van der Waals surface area contributed by atoms with Gasteiger partial charge in [-0.1, -0.05) is 0 Å². The molecule has 1 aromatic rings. The fraction of sp³-hybridized carbons (Fsp3) is 0.556. The molecule has 0 saturated carbocycles. The molecule has 10 heteroatoms. The van der Waals surface area contributed by atoms with E-state index in [1.807, 2.05) is 6.92 Å². The topological polar surface area (TPSA) is 96.5 Å². The normalized spacial score (nSPS) is 20.3. The van der Waals surface area contributed by atoms with Crippen molar-refractivity contribution >= 4 is 27.7 Å². The van der Waals surface area contributed by atoms with Crippen molar-refractivity contribution in [1.82, 2.24) is 9.21 Å². The number of rotatable bonds is 3. The first-order valence-corrected chi connectivity index (χ1v) is 10.7. The van der Waals surface area contributed by atoms with Crippen LogP contribution < -0.4 is 9.64 Å². The Kier molecular flexibility index (Phi) is 5.80. The number of carbonyl (C=O) groups is 2. The van der Waals surface area contributed by atoms with Gasteiger partial charge in [-0.25, -0.2) is 13.2 Å². The summed E-state index contributed by atoms with van der Waals surface area (Å²) in [6.07, 6.45) is -0.605. The summed E-state index contributed by atoms with van der Waals surface area (Å²) in [4.78, 5) is 26.9. The molecule has 2 aliphatic heterocycles. The predicted octanol–water partition coefficient (Wildman–Crippen LogP) is 1.28. The maximum atomic E-state index is 13.1. The monoisotopic (exact) mass is 411 g/mol. The molecule has 1 atom stereocenters. The quantitative estimate of drug-likeness (QED) is 0.744. The zero-order valence-electron chi connectivity index (χ0n) is 16.3. The summed E-state index contributed by atoms with van der Waals surface area (Å²) in [5.41, 5.74) is 0.455. The zero-order chi connectivity index (χ0) is 20.5. The van der Waals surface area contributed by atoms with Crippen LogP contribution in [0.2, 0.25) is 0 Å². The smallest absolute Gasteiger partial charge is 0.409 e. The lowest BCUT2D eigenvalue weighted by molar-refractivity contribution is -0.117. The van der Waals surface area contributed by atoms with Gasteiger partial charge in [-0.05, 0) is 32.0 Å². The van der Waals surface area contributed by atoms with Crippen molar-refractivity contribution in [3.05, 3.63) is 18.2 Å². The predicted molar refractivity (Wildman–Crippen MR) is 102 cm³/mol. The molecule has 28 heavy (non-hydrogen) atoms. The Bertz CT molecular complexity index is 864. The summed E-state index contributed by atoms with van der Waals surface area (Å²) in [7, 11) is -3.76. The Morgan fingerprint density at radius 1 is 1.21 bits per heavy atom. The molecule has 1 fully saturated rings. The van der Waals surface area contributed by atoms with Gasteiger partial charge in [-0.3, -0.25) is 4.79 Å². The molecule has 0 N–H and O–H groups in total. The van der Waals surface area contributed by atoms with E-state index in [0.29, 0.717) is 18.0 Å². The molecule has 9 nitrogen and oxygen atoms in total. The molecule has 2 amide bonds.